The van der Waals surface area contributed by atoms with Crippen molar-refractivity contribution in [1.29, 1.82) is 0 Å². The highest BCUT2D eigenvalue weighted by molar-refractivity contribution is 5.84. The van der Waals surface area contributed by atoms with Crippen LogP contribution in [-0.2, 0) is 19.1 Å². The first kappa shape index (κ1) is 20.5. The van der Waals surface area contributed by atoms with Crippen LogP contribution < -0.4 is 0 Å². The summed E-state index contributed by atoms with van der Waals surface area (Å²) in [5, 5.41) is 0. The number of esters is 2. The molecule has 0 saturated heterocycles. The summed E-state index contributed by atoms with van der Waals surface area (Å²) in [5.41, 5.74) is -0.524. The third kappa shape index (κ3) is 2.91. The van der Waals surface area contributed by atoms with Crippen LogP contribution in [0.15, 0.2) is 0 Å². The zero-order chi connectivity index (χ0) is 21.8. The normalized spacial score (nSPS) is 53.8. The van der Waals surface area contributed by atoms with Crippen LogP contribution in [-0.4, -0.2) is 23.6 Å². The van der Waals surface area contributed by atoms with Gasteiger partial charge in [-0.1, -0.05) is 13.8 Å². The lowest BCUT2D eigenvalue weighted by Gasteiger charge is -2.40. The zero-order valence-corrected chi connectivity index (χ0v) is 19.9. The van der Waals surface area contributed by atoms with Crippen molar-refractivity contribution in [3.63, 3.8) is 0 Å². The molecule has 0 N–H and O–H groups in total. The van der Waals surface area contributed by atoms with Crippen LogP contribution in [0.1, 0.15) is 73.1 Å². The molecule has 0 aromatic carbocycles. The van der Waals surface area contributed by atoms with Gasteiger partial charge in [-0.05, 0) is 118 Å². The second-order valence-corrected chi connectivity index (χ2v) is 13.2. The lowest BCUT2D eigenvalue weighted by atomic mass is 9.69. The van der Waals surface area contributed by atoms with Gasteiger partial charge in [0.05, 0.1) is 11.8 Å². The molecule has 6 fully saturated rings. The Hall–Kier alpha value is -1.06. The summed E-state index contributed by atoms with van der Waals surface area (Å²) in [4.78, 5) is 26.8. The van der Waals surface area contributed by atoms with Crippen LogP contribution in [0.3, 0.4) is 0 Å². The standard InChI is InChI=1S/C27H40O4/c1-12-13(2)18-11-17(12)23(24(18)26(29)31-27(3,4)5)25(28)30-20-10-16-9-19(20)22-15-7-6-14(8-15)21(16)22/h12-24H,6-11H2,1-5H3. The predicted octanol–water partition coefficient (Wildman–Crippen LogP) is 5.10. The lowest BCUT2D eigenvalue weighted by molar-refractivity contribution is -0.177. The molecule has 6 saturated carbocycles. The third-order valence-electron chi connectivity index (χ3n) is 10.9. The summed E-state index contributed by atoms with van der Waals surface area (Å²) in [6.07, 6.45) is 7.70. The zero-order valence-electron chi connectivity index (χ0n) is 19.9. The van der Waals surface area contributed by atoms with Gasteiger partial charge in [0.2, 0.25) is 0 Å². The van der Waals surface area contributed by atoms with Crippen LogP contribution in [0.2, 0.25) is 0 Å². The molecule has 0 radical (unpaired) electrons. The van der Waals surface area contributed by atoms with Crippen LogP contribution >= 0.6 is 0 Å². The molecule has 0 amide bonds. The Balaban J connectivity index is 1.20. The van der Waals surface area contributed by atoms with Crippen molar-refractivity contribution in [2.45, 2.75) is 84.8 Å². The number of ether oxygens (including phenoxy) is 2. The molecule has 0 heterocycles. The van der Waals surface area contributed by atoms with E-state index in [1.165, 1.54) is 25.7 Å². The molecular weight excluding hydrogens is 388 g/mol. The molecular formula is C27H40O4. The van der Waals surface area contributed by atoms with E-state index in [1.807, 2.05) is 20.8 Å². The largest absolute Gasteiger partial charge is 0.462 e. The van der Waals surface area contributed by atoms with Gasteiger partial charge < -0.3 is 9.47 Å². The Morgan fingerprint density at radius 3 is 1.97 bits per heavy atom. The smallest absolute Gasteiger partial charge is 0.310 e. The maximum absolute atomic E-state index is 13.6. The third-order valence-corrected chi connectivity index (χ3v) is 10.9. The van der Waals surface area contributed by atoms with E-state index in [2.05, 4.69) is 13.8 Å². The minimum Gasteiger partial charge on any atom is -0.462 e. The van der Waals surface area contributed by atoms with Crippen LogP contribution in [0, 0.1) is 71.0 Å². The van der Waals surface area contributed by atoms with E-state index in [0.29, 0.717) is 17.8 Å². The van der Waals surface area contributed by atoms with Crippen molar-refractivity contribution in [2.24, 2.45) is 71.0 Å². The Kier molecular flexibility index (Phi) is 4.46. The lowest BCUT2D eigenvalue weighted by Crippen LogP contribution is -2.45. The van der Waals surface area contributed by atoms with Crippen molar-refractivity contribution in [2.75, 3.05) is 0 Å². The Morgan fingerprint density at radius 2 is 1.32 bits per heavy atom. The first-order valence-electron chi connectivity index (χ1n) is 13.1. The SMILES string of the molecule is CC1C(C)C2CC1C(C(=O)OC1CC3CC1C1C4CCC(C4)C31)C2C(=O)OC(C)(C)C. The number of carbonyl (C=O) groups excluding carboxylic acids is 2. The van der Waals surface area contributed by atoms with E-state index in [9.17, 15) is 9.59 Å². The van der Waals surface area contributed by atoms with E-state index in [-0.39, 0.29) is 41.7 Å². The van der Waals surface area contributed by atoms with E-state index in [0.717, 1.165) is 42.4 Å². The number of hydrogen-bond acceptors (Lipinski definition) is 4. The van der Waals surface area contributed by atoms with Crippen molar-refractivity contribution in [1.82, 2.24) is 0 Å². The molecule has 4 heteroatoms. The summed E-state index contributed by atoms with van der Waals surface area (Å²) in [7, 11) is 0. The summed E-state index contributed by atoms with van der Waals surface area (Å²) in [6, 6.07) is 0. The van der Waals surface area contributed by atoms with Gasteiger partial charge in [0, 0.05) is 0 Å². The Labute approximate surface area is 187 Å². The van der Waals surface area contributed by atoms with Gasteiger partial charge in [-0.25, -0.2) is 0 Å². The number of rotatable bonds is 3. The summed E-state index contributed by atoms with van der Waals surface area (Å²) in [5.74, 6) is 5.52. The van der Waals surface area contributed by atoms with Crippen LogP contribution in [0.4, 0.5) is 0 Å². The van der Waals surface area contributed by atoms with Gasteiger partial charge in [-0.15, -0.1) is 0 Å². The fourth-order valence-electron chi connectivity index (χ4n) is 9.88. The van der Waals surface area contributed by atoms with Crippen molar-refractivity contribution in [3.05, 3.63) is 0 Å². The second-order valence-electron chi connectivity index (χ2n) is 13.2. The maximum atomic E-state index is 13.6. The molecule has 0 aliphatic heterocycles. The fraction of sp³-hybridized carbons (Fsp3) is 0.926. The van der Waals surface area contributed by atoms with E-state index in [1.54, 1.807) is 0 Å². The van der Waals surface area contributed by atoms with Crippen LogP contribution in [0.5, 0.6) is 0 Å². The van der Waals surface area contributed by atoms with Gasteiger partial charge in [0.25, 0.3) is 0 Å². The highest BCUT2D eigenvalue weighted by atomic mass is 16.6. The summed E-state index contributed by atoms with van der Waals surface area (Å²) >= 11 is 0. The molecule has 31 heavy (non-hydrogen) atoms. The topological polar surface area (TPSA) is 52.6 Å². The highest BCUT2D eigenvalue weighted by Gasteiger charge is 2.65. The van der Waals surface area contributed by atoms with E-state index in [4.69, 9.17) is 9.47 Å². The van der Waals surface area contributed by atoms with E-state index >= 15 is 0 Å². The summed E-state index contributed by atoms with van der Waals surface area (Å²) in [6.45, 7) is 10.3. The molecule has 0 aromatic heterocycles. The predicted molar refractivity (Wildman–Crippen MR) is 117 cm³/mol. The van der Waals surface area contributed by atoms with Gasteiger partial charge in [-0.3, -0.25) is 9.59 Å². The monoisotopic (exact) mass is 428 g/mol. The molecule has 0 aromatic rings. The fourth-order valence-corrected chi connectivity index (χ4v) is 9.88. The molecule has 4 nitrogen and oxygen atoms in total. The van der Waals surface area contributed by atoms with Gasteiger partial charge in [-0.2, -0.15) is 0 Å². The minimum absolute atomic E-state index is 0.0839. The van der Waals surface area contributed by atoms with Crippen molar-refractivity contribution >= 4 is 11.9 Å². The number of carbonyl (C=O) groups is 2. The second kappa shape index (κ2) is 6.73. The van der Waals surface area contributed by atoms with E-state index < -0.39 is 5.60 Å². The maximum Gasteiger partial charge on any atom is 0.310 e. The van der Waals surface area contributed by atoms with Crippen LogP contribution in [0.25, 0.3) is 0 Å². The average molecular weight is 429 g/mol. The number of hydrogen-bond donors (Lipinski definition) is 0. The first-order valence-corrected chi connectivity index (χ1v) is 13.1. The molecule has 13 atom stereocenters. The Bertz CT molecular complexity index is 783. The molecule has 172 valence electrons. The summed E-state index contributed by atoms with van der Waals surface area (Å²) < 4.78 is 12.1. The van der Waals surface area contributed by atoms with Gasteiger partial charge in [0.15, 0.2) is 0 Å². The van der Waals surface area contributed by atoms with Crippen molar-refractivity contribution < 1.29 is 19.1 Å². The molecule has 13 unspecified atom stereocenters. The quantitative estimate of drug-likeness (QED) is 0.464. The van der Waals surface area contributed by atoms with Gasteiger partial charge in [0.1, 0.15) is 11.7 Å². The molecule has 6 aliphatic carbocycles. The number of fused-ring (bicyclic) bond motifs is 11. The molecule has 0 spiro atoms. The Morgan fingerprint density at radius 1 is 0.710 bits per heavy atom. The molecule has 6 aliphatic rings. The average Bonchev–Trinajstić information content (AvgIpc) is 3.49. The van der Waals surface area contributed by atoms with Gasteiger partial charge >= 0.3 is 11.9 Å². The molecule has 6 bridgehead atoms. The minimum atomic E-state index is -0.524. The first-order chi connectivity index (χ1) is 14.6. The highest BCUT2D eigenvalue weighted by Crippen LogP contribution is 2.68. The van der Waals surface area contributed by atoms with Crippen molar-refractivity contribution in [3.8, 4) is 0 Å². The molecule has 6 rings (SSSR count).